The molecule has 0 rings (SSSR count). The van der Waals surface area contributed by atoms with Gasteiger partial charge >= 0.3 is 0 Å². The van der Waals surface area contributed by atoms with E-state index in [1.165, 1.54) is 0 Å². The molecule has 0 aromatic carbocycles. The van der Waals surface area contributed by atoms with Crippen LogP contribution < -0.4 is 0 Å². The van der Waals surface area contributed by atoms with Gasteiger partial charge in [0.15, 0.2) is 0 Å². The van der Waals surface area contributed by atoms with E-state index in [0.717, 1.165) is 6.04 Å². The fourth-order valence-corrected chi connectivity index (χ4v) is 0. The Kier molecular flexibility index (Phi) is 2.57. The standard InChI is InChI=1S/C2H2Si4/c3-1-2(4,5)6/h1H2. The monoisotopic (exact) mass is 138 g/mol. The molecule has 0 aliphatic rings. The number of hydrogen-bond donors (Lipinski definition) is 0. The second-order valence-electron chi connectivity index (χ2n) is 1.08. The molecule has 0 aromatic heterocycles. The van der Waals surface area contributed by atoms with Crippen LogP contribution in [0.2, 0.25) is 10.3 Å². The zero-order chi connectivity index (χ0) is 5.21. The van der Waals surface area contributed by atoms with Gasteiger partial charge in [0.2, 0.25) is 0 Å². The fraction of sp³-hybridized carbons (Fsp3) is 1.00. The van der Waals surface area contributed by atoms with Gasteiger partial charge in [-0.15, -0.1) is 0 Å². The third-order valence-electron chi connectivity index (χ3n) is 0.265. The van der Waals surface area contributed by atoms with Crippen LogP contribution in [0.15, 0.2) is 0 Å². The Morgan fingerprint density at radius 2 is 1.33 bits per heavy atom. The maximum atomic E-state index is 3.30. The van der Waals surface area contributed by atoms with Crippen molar-refractivity contribution in [1.82, 2.24) is 0 Å². The van der Waals surface area contributed by atoms with E-state index < -0.39 is 0 Å². The Morgan fingerprint density at radius 1 is 1.17 bits per heavy atom. The van der Waals surface area contributed by atoms with Crippen molar-refractivity contribution in [2.75, 3.05) is 0 Å². The van der Waals surface area contributed by atoms with E-state index in [-0.39, 0.29) is 4.28 Å². The summed E-state index contributed by atoms with van der Waals surface area (Å²) >= 11 is 0. The Labute approximate surface area is 51.8 Å². The van der Waals surface area contributed by atoms with Crippen LogP contribution in [0.4, 0.5) is 0 Å². The van der Waals surface area contributed by atoms with Crippen LogP contribution in [0.3, 0.4) is 0 Å². The second kappa shape index (κ2) is 2.25. The molecule has 0 aromatic rings. The highest BCUT2D eigenvalue weighted by Crippen LogP contribution is 2.10. The van der Waals surface area contributed by atoms with E-state index in [2.05, 4.69) is 41.0 Å². The molecule has 0 N–H and O–H groups in total. The molecular weight excluding hydrogens is 136 g/mol. The molecule has 0 nitrogen and oxygen atoms in total. The lowest BCUT2D eigenvalue weighted by Crippen LogP contribution is -2.10. The Bertz CT molecular complexity index is 35.3. The van der Waals surface area contributed by atoms with Gasteiger partial charge in [0.25, 0.3) is 0 Å². The Balaban J connectivity index is 3.17. The SMILES string of the molecule is [Si]CC([Si])([Si])[Si]. The molecule has 12 radical (unpaired) electrons. The van der Waals surface area contributed by atoms with Crippen molar-refractivity contribution in [3.05, 3.63) is 0 Å². The van der Waals surface area contributed by atoms with Gasteiger partial charge in [-0.25, -0.2) is 0 Å². The lowest BCUT2D eigenvalue weighted by molar-refractivity contribution is 1.23. The molecule has 0 fully saturated rings. The molecule has 6 heavy (non-hydrogen) atoms. The van der Waals surface area contributed by atoms with Crippen molar-refractivity contribution in [3.63, 3.8) is 0 Å². The quantitative estimate of drug-likeness (QED) is 0.414. The fourth-order valence-electron chi connectivity index (χ4n) is 0. The van der Waals surface area contributed by atoms with Crippen molar-refractivity contribution in [2.24, 2.45) is 0 Å². The van der Waals surface area contributed by atoms with Gasteiger partial charge in [-0.3, -0.25) is 0 Å². The number of rotatable bonds is 1. The minimum absolute atomic E-state index is 0.128. The zero-order valence-electron chi connectivity index (χ0n) is 3.21. The van der Waals surface area contributed by atoms with Gasteiger partial charge in [0.05, 0.1) is 0 Å². The summed E-state index contributed by atoms with van der Waals surface area (Å²) < 4.78 is -0.128. The average molecular weight is 138 g/mol. The molecule has 0 bridgehead atoms. The van der Waals surface area contributed by atoms with Crippen LogP contribution in [0.5, 0.6) is 0 Å². The smallest absolute Gasteiger partial charge is 0.0218 e. The first-order chi connectivity index (χ1) is 2.56. The summed E-state index contributed by atoms with van der Waals surface area (Å²) in [6.45, 7) is 0. The molecule has 0 saturated carbocycles. The molecule has 0 amide bonds. The highest BCUT2D eigenvalue weighted by atomic mass is 28.3. The number of hydrogen-bond acceptors (Lipinski definition) is 0. The van der Waals surface area contributed by atoms with Gasteiger partial charge in [0.1, 0.15) is 0 Å². The first-order valence-electron chi connectivity index (χ1n) is 1.46. The summed E-state index contributed by atoms with van der Waals surface area (Å²) in [4.78, 5) is 0. The Hall–Kier alpha value is 0.868. The average Bonchev–Trinajstić information content (AvgIpc) is 1.35. The van der Waals surface area contributed by atoms with Crippen LogP contribution in [0, 0.1) is 0 Å². The summed E-state index contributed by atoms with van der Waals surface area (Å²) in [5.41, 5.74) is 0. The topological polar surface area (TPSA) is 0 Å². The minimum atomic E-state index is -0.128. The third-order valence-corrected chi connectivity index (χ3v) is 2.39. The summed E-state index contributed by atoms with van der Waals surface area (Å²) in [7, 11) is 13.2. The first-order valence-corrected chi connectivity index (χ1v) is 3.66. The highest BCUT2D eigenvalue weighted by molar-refractivity contribution is 6.60. The molecule has 0 unspecified atom stereocenters. The summed E-state index contributed by atoms with van der Waals surface area (Å²) in [5, 5.41) is 0. The molecular formula is C2H2Si4. The lowest BCUT2D eigenvalue weighted by Gasteiger charge is -2.11. The predicted molar refractivity (Wildman–Crippen MR) is 30.5 cm³/mol. The largest absolute Gasteiger partial charge is 0.0671 e. The van der Waals surface area contributed by atoms with Crippen molar-refractivity contribution < 1.29 is 0 Å². The summed E-state index contributed by atoms with van der Waals surface area (Å²) in [6.07, 6.45) is 0. The highest BCUT2D eigenvalue weighted by Gasteiger charge is 2.04. The van der Waals surface area contributed by atoms with Gasteiger partial charge in [0, 0.05) is 41.0 Å². The molecule has 0 heterocycles. The van der Waals surface area contributed by atoms with E-state index in [4.69, 9.17) is 0 Å². The molecule has 0 aliphatic carbocycles. The van der Waals surface area contributed by atoms with Crippen LogP contribution in [0.1, 0.15) is 0 Å². The first kappa shape index (κ1) is 6.87. The van der Waals surface area contributed by atoms with E-state index in [0.29, 0.717) is 0 Å². The van der Waals surface area contributed by atoms with Crippen LogP contribution >= 0.6 is 0 Å². The van der Waals surface area contributed by atoms with E-state index in [1.807, 2.05) is 0 Å². The Morgan fingerprint density at radius 3 is 1.33 bits per heavy atom. The lowest BCUT2D eigenvalue weighted by atomic mass is 10.9. The van der Waals surface area contributed by atoms with Crippen LogP contribution in [0.25, 0.3) is 0 Å². The van der Waals surface area contributed by atoms with Crippen molar-refractivity contribution >= 4 is 41.0 Å². The third kappa shape index (κ3) is 4.87. The van der Waals surface area contributed by atoms with Crippen molar-refractivity contribution in [2.45, 2.75) is 10.3 Å². The predicted octanol–water partition coefficient (Wildman–Crippen LogP) is -0.848. The second-order valence-corrected chi connectivity index (χ2v) is 5.50. The summed E-state index contributed by atoms with van der Waals surface area (Å²) in [5.74, 6) is 0. The van der Waals surface area contributed by atoms with Crippen LogP contribution in [-0.2, 0) is 0 Å². The molecule has 0 atom stereocenters. The molecule has 0 saturated heterocycles. The maximum Gasteiger partial charge on any atom is 0.0218 e. The summed E-state index contributed by atoms with van der Waals surface area (Å²) in [6, 6.07) is 0.817. The van der Waals surface area contributed by atoms with Gasteiger partial charge in [-0.05, 0) is 0 Å². The van der Waals surface area contributed by atoms with Gasteiger partial charge in [-0.2, -0.15) is 0 Å². The van der Waals surface area contributed by atoms with E-state index >= 15 is 0 Å². The maximum absolute atomic E-state index is 3.30. The molecule has 26 valence electrons. The minimum Gasteiger partial charge on any atom is -0.0671 e. The van der Waals surface area contributed by atoms with Crippen molar-refractivity contribution in [3.8, 4) is 0 Å². The molecule has 0 aliphatic heterocycles. The van der Waals surface area contributed by atoms with Gasteiger partial charge < -0.3 is 0 Å². The van der Waals surface area contributed by atoms with Crippen molar-refractivity contribution in [1.29, 1.82) is 0 Å². The molecule has 0 spiro atoms. The zero-order valence-corrected chi connectivity index (χ0v) is 7.21. The molecule has 4 heteroatoms. The van der Waals surface area contributed by atoms with E-state index in [1.54, 1.807) is 0 Å². The van der Waals surface area contributed by atoms with Crippen LogP contribution in [-0.4, -0.2) is 41.0 Å². The normalized spacial score (nSPS) is 12.0. The van der Waals surface area contributed by atoms with E-state index in [9.17, 15) is 0 Å². The van der Waals surface area contributed by atoms with Gasteiger partial charge in [-0.1, -0.05) is 10.3 Å².